The molecule has 0 aliphatic rings. The number of benzene rings is 1. The van der Waals surface area contributed by atoms with E-state index < -0.39 is 0 Å². The number of rotatable bonds is 1. The third-order valence-corrected chi connectivity index (χ3v) is 2.42. The van der Waals surface area contributed by atoms with Crippen LogP contribution in [0.1, 0.15) is 0 Å². The van der Waals surface area contributed by atoms with Crippen LogP contribution in [0.15, 0.2) is 59.4 Å². The standard InChI is InChI=1S/C13H9NO/c1-2-4-12-10(3-1)5-6-13(14-12)11-7-8-15-9-11/h1-9H. The number of para-hydroxylation sites is 1. The first-order valence-corrected chi connectivity index (χ1v) is 4.82. The van der Waals surface area contributed by atoms with E-state index in [-0.39, 0.29) is 0 Å². The lowest BCUT2D eigenvalue weighted by molar-refractivity contribution is 0.568. The molecule has 2 aromatic heterocycles. The van der Waals surface area contributed by atoms with Crippen molar-refractivity contribution in [1.82, 2.24) is 4.98 Å². The van der Waals surface area contributed by atoms with Gasteiger partial charge in [-0.15, -0.1) is 0 Å². The van der Waals surface area contributed by atoms with Gasteiger partial charge in [-0.3, -0.25) is 0 Å². The minimum Gasteiger partial charge on any atom is -0.472 e. The van der Waals surface area contributed by atoms with Crippen LogP contribution in [0.4, 0.5) is 0 Å². The summed E-state index contributed by atoms with van der Waals surface area (Å²) in [5, 5.41) is 1.16. The van der Waals surface area contributed by atoms with Crippen molar-refractivity contribution in [2.45, 2.75) is 0 Å². The van der Waals surface area contributed by atoms with E-state index in [4.69, 9.17) is 4.42 Å². The van der Waals surface area contributed by atoms with Crippen LogP contribution in [0.5, 0.6) is 0 Å². The van der Waals surface area contributed by atoms with Crippen LogP contribution in [0.25, 0.3) is 22.2 Å². The Bertz CT molecular complexity index is 584. The maximum atomic E-state index is 5.04. The van der Waals surface area contributed by atoms with Gasteiger partial charge in [0.1, 0.15) is 0 Å². The zero-order valence-electron chi connectivity index (χ0n) is 8.05. The van der Waals surface area contributed by atoms with Crippen molar-refractivity contribution in [2.24, 2.45) is 0 Å². The Kier molecular flexibility index (Phi) is 1.78. The summed E-state index contributed by atoms with van der Waals surface area (Å²) >= 11 is 0. The Hall–Kier alpha value is -2.09. The van der Waals surface area contributed by atoms with E-state index >= 15 is 0 Å². The fourth-order valence-corrected chi connectivity index (χ4v) is 1.64. The van der Waals surface area contributed by atoms with Gasteiger partial charge in [-0.05, 0) is 18.2 Å². The Morgan fingerprint density at radius 2 is 1.87 bits per heavy atom. The minimum atomic E-state index is 0.947. The molecule has 2 heteroatoms. The van der Waals surface area contributed by atoms with E-state index in [1.54, 1.807) is 12.5 Å². The fourth-order valence-electron chi connectivity index (χ4n) is 1.64. The molecule has 0 atom stereocenters. The van der Waals surface area contributed by atoms with E-state index in [2.05, 4.69) is 17.1 Å². The normalized spacial score (nSPS) is 10.7. The average molecular weight is 195 g/mol. The largest absolute Gasteiger partial charge is 0.472 e. The third-order valence-electron chi connectivity index (χ3n) is 2.42. The van der Waals surface area contributed by atoms with Crippen LogP contribution in [0, 0.1) is 0 Å². The molecule has 72 valence electrons. The fraction of sp³-hybridized carbons (Fsp3) is 0. The zero-order valence-corrected chi connectivity index (χ0v) is 8.05. The first-order valence-electron chi connectivity index (χ1n) is 4.82. The Labute approximate surface area is 87.2 Å². The lowest BCUT2D eigenvalue weighted by atomic mass is 10.1. The molecule has 0 aliphatic carbocycles. The van der Waals surface area contributed by atoms with Crippen LogP contribution in [-0.2, 0) is 0 Å². The Morgan fingerprint density at radius 1 is 0.933 bits per heavy atom. The maximum absolute atomic E-state index is 5.04. The molecule has 0 unspecified atom stereocenters. The summed E-state index contributed by atoms with van der Waals surface area (Å²) in [6.45, 7) is 0. The molecule has 0 saturated carbocycles. The average Bonchev–Trinajstić information content (AvgIpc) is 2.82. The van der Waals surface area contributed by atoms with Crippen molar-refractivity contribution >= 4 is 10.9 Å². The highest BCUT2D eigenvalue weighted by molar-refractivity contribution is 5.81. The number of hydrogen-bond donors (Lipinski definition) is 0. The first kappa shape index (κ1) is 8.24. The second-order valence-corrected chi connectivity index (χ2v) is 3.40. The molecule has 1 aromatic carbocycles. The van der Waals surface area contributed by atoms with Crippen LogP contribution in [0.2, 0.25) is 0 Å². The molecule has 2 nitrogen and oxygen atoms in total. The number of nitrogens with zero attached hydrogens (tertiary/aromatic N) is 1. The minimum absolute atomic E-state index is 0.947. The highest BCUT2D eigenvalue weighted by atomic mass is 16.3. The highest BCUT2D eigenvalue weighted by Crippen LogP contribution is 2.20. The van der Waals surface area contributed by atoms with Gasteiger partial charge in [0.05, 0.1) is 23.7 Å². The van der Waals surface area contributed by atoms with Gasteiger partial charge in [-0.25, -0.2) is 4.98 Å². The van der Waals surface area contributed by atoms with E-state index in [1.165, 1.54) is 0 Å². The summed E-state index contributed by atoms with van der Waals surface area (Å²) in [6, 6.07) is 14.1. The van der Waals surface area contributed by atoms with Crippen molar-refractivity contribution in [3.8, 4) is 11.3 Å². The number of aromatic nitrogens is 1. The summed E-state index contributed by atoms with van der Waals surface area (Å²) in [4.78, 5) is 4.56. The van der Waals surface area contributed by atoms with E-state index in [0.717, 1.165) is 22.2 Å². The van der Waals surface area contributed by atoms with Gasteiger partial charge in [0.2, 0.25) is 0 Å². The van der Waals surface area contributed by atoms with Crippen LogP contribution < -0.4 is 0 Å². The Balaban J connectivity index is 2.22. The molecule has 0 spiro atoms. The van der Waals surface area contributed by atoms with Crippen LogP contribution >= 0.6 is 0 Å². The summed E-state index contributed by atoms with van der Waals surface area (Å²) < 4.78 is 5.04. The van der Waals surface area contributed by atoms with Crippen molar-refractivity contribution in [3.05, 3.63) is 55.0 Å². The van der Waals surface area contributed by atoms with Crippen molar-refractivity contribution < 1.29 is 4.42 Å². The third kappa shape index (κ3) is 1.40. The lowest BCUT2D eigenvalue weighted by Crippen LogP contribution is -1.82. The molecule has 0 bridgehead atoms. The topological polar surface area (TPSA) is 26.0 Å². The molecule has 2 heterocycles. The monoisotopic (exact) mass is 195 g/mol. The second kappa shape index (κ2) is 3.24. The molecular weight excluding hydrogens is 186 g/mol. The highest BCUT2D eigenvalue weighted by Gasteiger charge is 2.01. The van der Waals surface area contributed by atoms with Crippen molar-refractivity contribution in [2.75, 3.05) is 0 Å². The smallest absolute Gasteiger partial charge is 0.0996 e. The predicted molar refractivity (Wildman–Crippen MR) is 59.4 cm³/mol. The first-order chi connectivity index (χ1) is 7.43. The summed E-state index contributed by atoms with van der Waals surface area (Å²) in [7, 11) is 0. The van der Waals surface area contributed by atoms with Crippen LogP contribution in [-0.4, -0.2) is 4.98 Å². The van der Waals surface area contributed by atoms with Gasteiger partial charge in [0, 0.05) is 10.9 Å². The summed E-state index contributed by atoms with van der Waals surface area (Å²) in [6.07, 6.45) is 3.36. The number of fused-ring (bicyclic) bond motifs is 1. The van der Waals surface area contributed by atoms with Gasteiger partial charge in [-0.1, -0.05) is 24.3 Å². The SMILES string of the molecule is c1ccc2nc(-c3ccoc3)ccc2c1. The van der Waals surface area contributed by atoms with Crippen LogP contribution in [0.3, 0.4) is 0 Å². The van der Waals surface area contributed by atoms with E-state index in [0.29, 0.717) is 0 Å². The number of hydrogen-bond acceptors (Lipinski definition) is 2. The molecule has 0 fully saturated rings. The second-order valence-electron chi connectivity index (χ2n) is 3.40. The molecule has 3 rings (SSSR count). The summed E-state index contributed by atoms with van der Waals surface area (Å²) in [5.74, 6) is 0. The molecule has 0 aliphatic heterocycles. The van der Waals surface area contributed by atoms with Gasteiger partial charge in [0.25, 0.3) is 0 Å². The van der Waals surface area contributed by atoms with Gasteiger partial charge < -0.3 is 4.42 Å². The molecule has 0 N–H and O–H groups in total. The van der Waals surface area contributed by atoms with E-state index in [9.17, 15) is 0 Å². The van der Waals surface area contributed by atoms with E-state index in [1.807, 2.05) is 30.3 Å². The Morgan fingerprint density at radius 3 is 2.73 bits per heavy atom. The quantitative estimate of drug-likeness (QED) is 0.594. The number of pyridine rings is 1. The van der Waals surface area contributed by atoms with Gasteiger partial charge >= 0.3 is 0 Å². The molecule has 3 aromatic rings. The molecule has 15 heavy (non-hydrogen) atoms. The zero-order chi connectivity index (χ0) is 10.1. The molecule has 0 saturated heterocycles. The summed E-state index contributed by atoms with van der Waals surface area (Å²) in [5.41, 5.74) is 2.97. The maximum Gasteiger partial charge on any atom is 0.0996 e. The molecule has 0 amide bonds. The molecule has 0 radical (unpaired) electrons. The van der Waals surface area contributed by atoms with Crippen molar-refractivity contribution in [3.63, 3.8) is 0 Å². The molecular formula is C13H9NO. The van der Waals surface area contributed by atoms with Crippen molar-refractivity contribution in [1.29, 1.82) is 0 Å². The lowest BCUT2D eigenvalue weighted by Gasteiger charge is -1.99. The predicted octanol–water partition coefficient (Wildman–Crippen LogP) is 3.49. The number of furan rings is 1. The van der Waals surface area contributed by atoms with Gasteiger partial charge in [0.15, 0.2) is 0 Å². The van der Waals surface area contributed by atoms with Gasteiger partial charge in [-0.2, -0.15) is 0 Å².